The molecule has 0 aromatic heterocycles. The predicted octanol–water partition coefficient (Wildman–Crippen LogP) is 3.26. The summed E-state index contributed by atoms with van der Waals surface area (Å²) >= 11 is 1.41. The summed E-state index contributed by atoms with van der Waals surface area (Å²) in [6, 6.07) is 15.5. The predicted molar refractivity (Wildman–Crippen MR) is 118 cm³/mol. The number of para-hydroxylation sites is 1. The summed E-state index contributed by atoms with van der Waals surface area (Å²) in [6.07, 6.45) is 1.62. The normalized spacial score (nSPS) is 13.4. The van der Waals surface area contributed by atoms with E-state index in [-0.39, 0.29) is 30.3 Å². The fourth-order valence-electron chi connectivity index (χ4n) is 3.10. The van der Waals surface area contributed by atoms with Crippen molar-refractivity contribution in [1.82, 2.24) is 5.32 Å². The molecule has 3 rings (SSSR count). The lowest BCUT2D eigenvalue weighted by Gasteiger charge is -2.17. The van der Waals surface area contributed by atoms with Crippen LogP contribution in [0.4, 0.5) is 5.69 Å². The third-order valence-electron chi connectivity index (χ3n) is 4.56. The van der Waals surface area contributed by atoms with E-state index in [4.69, 9.17) is 5.73 Å². The van der Waals surface area contributed by atoms with Gasteiger partial charge in [-0.05, 0) is 43.5 Å². The van der Waals surface area contributed by atoms with Crippen molar-refractivity contribution in [1.29, 1.82) is 0 Å². The van der Waals surface area contributed by atoms with Crippen LogP contribution >= 0.6 is 24.2 Å². The monoisotopic (exact) mass is 419 g/mol. The number of thioether (sulfide) groups is 1. The Labute approximate surface area is 176 Å². The molecule has 3 N–H and O–H groups in total. The van der Waals surface area contributed by atoms with Crippen molar-refractivity contribution in [2.24, 2.45) is 5.73 Å². The molecule has 5 nitrogen and oxygen atoms in total. The highest BCUT2D eigenvalue weighted by Crippen LogP contribution is 2.29. The molecule has 2 aromatic rings. The summed E-state index contributed by atoms with van der Waals surface area (Å²) in [5.41, 5.74) is 8.54. The van der Waals surface area contributed by atoms with E-state index < -0.39 is 0 Å². The maximum atomic E-state index is 12.7. The first-order chi connectivity index (χ1) is 13.1. The highest BCUT2D eigenvalue weighted by Gasteiger charge is 2.24. The van der Waals surface area contributed by atoms with E-state index in [1.54, 1.807) is 6.07 Å². The minimum Gasteiger partial charge on any atom is -0.352 e. The minimum atomic E-state index is -0.127. The third-order valence-corrected chi connectivity index (χ3v) is 5.61. The lowest BCUT2D eigenvalue weighted by molar-refractivity contribution is -0.116. The molecule has 1 heterocycles. The Hall–Kier alpha value is -2.02. The zero-order valence-corrected chi connectivity index (χ0v) is 17.5. The van der Waals surface area contributed by atoms with Gasteiger partial charge in [0.2, 0.25) is 5.91 Å². The number of amides is 2. The highest BCUT2D eigenvalue weighted by molar-refractivity contribution is 8.00. The number of hydrogen-bond acceptors (Lipinski definition) is 4. The van der Waals surface area contributed by atoms with Gasteiger partial charge >= 0.3 is 0 Å². The van der Waals surface area contributed by atoms with Gasteiger partial charge in [0.25, 0.3) is 5.91 Å². The molecule has 1 aliphatic heterocycles. The smallest absolute Gasteiger partial charge is 0.252 e. The number of nitrogens with zero attached hydrogens (tertiary/aromatic N) is 1. The number of halogens is 1. The van der Waals surface area contributed by atoms with Gasteiger partial charge in [0, 0.05) is 29.7 Å². The van der Waals surface area contributed by atoms with E-state index in [1.165, 1.54) is 17.3 Å². The first-order valence-corrected chi connectivity index (χ1v) is 10.2. The average molecular weight is 420 g/mol. The Kier molecular flexibility index (Phi) is 8.35. The summed E-state index contributed by atoms with van der Waals surface area (Å²) in [6.45, 7) is 3.18. The molecular formula is C21H26ClN3O2S. The summed E-state index contributed by atoms with van der Waals surface area (Å²) in [4.78, 5) is 27.8. The molecular weight excluding hydrogens is 394 g/mol. The number of rotatable bonds is 7. The molecule has 1 atom stereocenters. The largest absolute Gasteiger partial charge is 0.352 e. The van der Waals surface area contributed by atoms with Gasteiger partial charge in [0.1, 0.15) is 0 Å². The lowest BCUT2D eigenvalue weighted by Crippen LogP contribution is -2.31. The summed E-state index contributed by atoms with van der Waals surface area (Å²) in [5.74, 6) is 0.244. The van der Waals surface area contributed by atoms with E-state index in [1.807, 2.05) is 48.2 Å². The Balaban J connectivity index is 0.00000280. The Bertz CT molecular complexity index is 829. The maximum Gasteiger partial charge on any atom is 0.252 e. The summed E-state index contributed by atoms with van der Waals surface area (Å²) in [7, 11) is 0. The van der Waals surface area contributed by atoms with Crippen molar-refractivity contribution in [2.45, 2.75) is 30.7 Å². The summed E-state index contributed by atoms with van der Waals surface area (Å²) < 4.78 is 0. The van der Waals surface area contributed by atoms with Gasteiger partial charge in [-0.3, -0.25) is 9.59 Å². The van der Waals surface area contributed by atoms with Crippen molar-refractivity contribution in [3.63, 3.8) is 0 Å². The molecule has 7 heteroatoms. The van der Waals surface area contributed by atoms with Crippen molar-refractivity contribution < 1.29 is 9.59 Å². The van der Waals surface area contributed by atoms with E-state index in [0.29, 0.717) is 17.9 Å². The number of fused-ring (bicyclic) bond motifs is 1. The fraction of sp³-hybridized carbons (Fsp3) is 0.333. The zero-order chi connectivity index (χ0) is 19.2. The highest BCUT2D eigenvalue weighted by atomic mass is 35.5. The second-order valence-electron chi connectivity index (χ2n) is 6.73. The second-order valence-corrected chi connectivity index (χ2v) is 7.75. The molecule has 150 valence electrons. The van der Waals surface area contributed by atoms with Gasteiger partial charge in [-0.15, -0.1) is 24.2 Å². The molecule has 0 saturated carbocycles. The molecule has 1 aliphatic rings. The van der Waals surface area contributed by atoms with Crippen LogP contribution in [0.3, 0.4) is 0 Å². The number of carbonyl (C=O) groups excluding carboxylic acids is 2. The van der Waals surface area contributed by atoms with Crippen LogP contribution in [-0.2, 0) is 11.2 Å². The molecule has 0 bridgehead atoms. The quantitative estimate of drug-likeness (QED) is 0.675. The number of carbonyl (C=O) groups is 2. The van der Waals surface area contributed by atoms with E-state index in [2.05, 4.69) is 11.4 Å². The SMILES string of the molecule is CC(N)CCNC(=O)c1ccccc1SCC(=O)N1CCc2ccccc21.Cl. The summed E-state index contributed by atoms with van der Waals surface area (Å²) in [5, 5.41) is 2.90. The first-order valence-electron chi connectivity index (χ1n) is 9.20. The molecule has 2 amide bonds. The van der Waals surface area contributed by atoms with Crippen LogP contribution in [0.1, 0.15) is 29.3 Å². The number of hydrogen-bond donors (Lipinski definition) is 2. The van der Waals surface area contributed by atoms with Crippen LogP contribution in [0.15, 0.2) is 53.4 Å². The third kappa shape index (κ3) is 5.50. The number of anilines is 1. The van der Waals surface area contributed by atoms with Crippen LogP contribution in [0.5, 0.6) is 0 Å². The van der Waals surface area contributed by atoms with Crippen LogP contribution < -0.4 is 16.0 Å². The second kappa shape index (κ2) is 10.5. The van der Waals surface area contributed by atoms with Crippen molar-refractivity contribution >= 4 is 41.7 Å². The number of nitrogens with two attached hydrogens (primary N) is 1. The topological polar surface area (TPSA) is 75.4 Å². The Morgan fingerprint density at radius 3 is 2.68 bits per heavy atom. The Morgan fingerprint density at radius 1 is 1.18 bits per heavy atom. The first kappa shape index (κ1) is 22.3. The lowest BCUT2D eigenvalue weighted by atomic mass is 10.2. The molecule has 28 heavy (non-hydrogen) atoms. The van der Waals surface area contributed by atoms with Gasteiger partial charge in [-0.1, -0.05) is 30.3 Å². The standard InChI is InChI=1S/C21H25N3O2S.ClH/c1-15(22)10-12-23-21(26)17-7-3-5-9-19(17)27-14-20(25)24-13-11-16-6-2-4-8-18(16)24;/h2-9,15H,10-14,22H2,1H3,(H,23,26);1H. The molecule has 0 spiro atoms. The van der Waals surface area contributed by atoms with Crippen molar-refractivity contribution in [3.05, 3.63) is 59.7 Å². The van der Waals surface area contributed by atoms with Gasteiger partial charge in [-0.25, -0.2) is 0 Å². The Morgan fingerprint density at radius 2 is 1.89 bits per heavy atom. The van der Waals surface area contributed by atoms with Crippen molar-refractivity contribution in [3.8, 4) is 0 Å². The molecule has 1 unspecified atom stereocenters. The minimum absolute atomic E-state index is 0. The molecule has 0 fully saturated rings. The maximum absolute atomic E-state index is 12.7. The van der Waals surface area contributed by atoms with E-state index in [9.17, 15) is 9.59 Å². The fourth-order valence-corrected chi connectivity index (χ4v) is 4.03. The zero-order valence-electron chi connectivity index (χ0n) is 15.9. The molecule has 0 saturated heterocycles. The van der Waals surface area contributed by atoms with Crippen LogP contribution in [0.2, 0.25) is 0 Å². The van der Waals surface area contributed by atoms with Gasteiger partial charge < -0.3 is 16.0 Å². The van der Waals surface area contributed by atoms with Gasteiger partial charge in [-0.2, -0.15) is 0 Å². The van der Waals surface area contributed by atoms with E-state index >= 15 is 0 Å². The van der Waals surface area contributed by atoms with E-state index in [0.717, 1.165) is 30.0 Å². The van der Waals surface area contributed by atoms with Gasteiger partial charge in [0.05, 0.1) is 11.3 Å². The van der Waals surface area contributed by atoms with Crippen LogP contribution in [0.25, 0.3) is 0 Å². The average Bonchev–Trinajstić information content (AvgIpc) is 3.10. The number of benzene rings is 2. The van der Waals surface area contributed by atoms with Crippen molar-refractivity contribution in [2.75, 3.05) is 23.7 Å². The molecule has 0 radical (unpaired) electrons. The van der Waals surface area contributed by atoms with Gasteiger partial charge in [0.15, 0.2) is 0 Å². The number of nitrogens with one attached hydrogen (secondary N) is 1. The van der Waals surface area contributed by atoms with Crippen LogP contribution in [0, 0.1) is 0 Å². The van der Waals surface area contributed by atoms with Crippen LogP contribution in [-0.4, -0.2) is 36.7 Å². The molecule has 2 aromatic carbocycles. The molecule has 0 aliphatic carbocycles.